The maximum absolute atomic E-state index is 12.9. The van der Waals surface area contributed by atoms with Crippen LogP contribution in [0.4, 0.5) is 0 Å². The molecule has 0 aromatic heterocycles. The zero-order chi connectivity index (χ0) is 24.5. The van der Waals surface area contributed by atoms with Crippen LogP contribution in [0.5, 0.6) is 0 Å². The molecule has 3 rings (SSSR count). The quantitative estimate of drug-likeness (QED) is 0.502. The van der Waals surface area contributed by atoms with Crippen molar-refractivity contribution in [2.75, 3.05) is 0 Å². The van der Waals surface area contributed by atoms with Gasteiger partial charge in [-0.2, -0.15) is 0 Å². The molecule has 3 aliphatic heterocycles. The van der Waals surface area contributed by atoms with Gasteiger partial charge in [0.2, 0.25) is 0 Å². The van der Waals surface area contributed by atoms with E-state index in [0.717, 1.165) is 0 Å². The van der Waals surface area contributed by atoms with Gasteiger partial charge in [-0.3, -0.25) is 4.79 Å². The van der Waals surface area contributed by atoms with Gasteiger partial charge >= 0.3 is 0 Å². The van der Waals surface area contributed by atoms with Crippen molar-refractivity contribution >= 4 is 5.78 Å². The fraction of sp³-hybridized carbons (Fsp3) is 0.963. The number of rotatable bonds is 3. The number of carbonyl (C=O) groups excluding carboxylic acids is 1. The Hall–Kier alpha value is -0.490. The van der Waals surface area contributed by atoms with E-state index in [4.69, 9.17) is 0 Å². The van der Waals surface area contributed by atoms with Crippen LogP contribution in [0, 0.1) is 0 Å². The van der Waals surface area contributed by atoms with Crippen molar-refractivity contribution in [1.82, 2.24) is 20.3 Å². The van der Waals surface area contributed by atoms with Crippen LogP contribution in [0.15, 0.2) is 0 Å². The van der Waals surface area contributed by atoms with E-state index in [1.165, 1.54) is 38.5 Å². The van der Waals surface area contributed by atoms with Gasteiger partial charge < -0.3 is 0 Å². The molecule has 0 radical (unpaired) electrons. The summed E-state index contributed by atoms with van der Waals surface area (Å²) in [5, 5.41) is 10.6. The third-order valence-electron chi connectivity index (χ3n) is 8.39. The Balaban J connectivity index is 2.30. The molecule has 0 atom stereocenters. The summed E-state index contributed by atoms with van der Waals surface area (Å²) >= 11 is 0. The highest BCUT2D eigenvalue weighted by molar-refractivity contribution is 5.81. The lowest BCUT2D eigenvalue weighted by atomic mass is 9.79. The summed E-state index contributed by atoms with van der Waals surface area (Å²) < 4.78 is 0. The second kappa shape index (κ2) is 7.76. The van der Waals surface area contributed by atoms with Crippen LogP contribution in [0.3, 0.4) is 0 Å². The molecule has 3 heterocycles. The topological polar surface area (TPSA) is 30.0 Å². The largest absolute Gasteiger partial charge is 0.300 e. The van der Waals surface area contributed by atoms with E-state index in [2.05, 4.69) is 103 Å². The number of hydrazine groups is 3. The van der Waals surface area contributed by atoms with Gasteiger partial charge in [0.15, 0.2) is 0 Å². The van der Waals surface area contributed by atoms with Crippen LogP contribution in [0.2, 0.25) is 0 Å². The maximum Gasteiger partial charge on any atom is 0.136 e. The Morgan fingerprint density at radius 3 is 1.03 bits per heavy atom. The minimum Gasteiger partial charge on any atom is -0.300 e. The summed E-state index contributed by atoms with van der Waals surface area (Å²) in [6.45, 7) is 28.4. The first-order valence-electron chi connectivity index (χ1n) is 13.0. The second-order valence-corrected chi connectivity index (χ2v) is 14.7. The average molecular weight is 449 g/mol. The number of nitrogens with zero attached hydrogens (tertiary/aromatic N) is 4. The zero-order valence-electron chi connectivity index (χ0n) is 23.4. The van der Waals surface area contributed by atoms with Crippen LogP contribution >= 0.6 is 0 Å². The van der Waals surface area contributed by atoms with Gasteiger partial charge in [0.25, 0.3) is 0 Å². The van der Waals surface area contributed by atoms with Crippen LogP contribution in [-0.4, -0.2) is 59.3 Å². The normalized spacial score (nSPS) is 32.2. The van der Waals surface area contributed by atoms with E-state index in [1.54, 1.807) is 0 Å². The Morgan fingerprint density at radius 1 is 0.500 bits per heavy atom. The van der Waals surface area contributed by atoms with E-state index in [9.17, 15) is 4.79 Å². The minimum atomic E-state index is -0.272. The van der Waals surface area contributed by atoms with Crippen molar-refractivity contribution in [1.29, 1.82) is 0 Å². The summed E-state index contributed by atoms with van der Waals surface area (Å²) in [6.07, 6.45) is 8.40. The molecule has 3 aliphatic rings. The molecule has 0 aromatic rings. The van der Waals surface area contributed by atoms with E-state index < -0.39 is 0 Å². The molecular formula is C27H52N4O. The molecule has 0 saturated carbocycles. The highest BCUT2D eigenvalue weighted by atomic mass is 16.1. The molecule has 5 heteroatoms. The molecule has 0 unspecified atom stereocenters. The standard InChI is InChI=1S/C27H52N4O/c1-22(2)15-13-16-23(3,4)28(22)31(29-24(5,6)17-14-18-25(29,7)8)30-26(9,10)19-21(32)20-27(30,11)12/h13-20H2,1-12H3. The van der Waals surface area contributed by atoms with Gasteiger partial charge in [0, 0.05) is 46.1 Å². The molecule has 0 N–H and O–H groups in total. The molecule has 0 bridgehead atoms. The third-order valence-corrected chi connectivity index (χ3v) is 8.39. The first-order chi connectivity index (χ1) is 14.2. The lowest BCUT2D eigenvalue weighted by molar-refractivity contribution is -0.441. The van der Waals surface area contributed by atoms with Crippen molar-refractivity contribution in [3.8, 4) is 0 Å². The molecule has 186 valence electrons. The Kier molecular flexibility index (Phi) is 6.34. The molecule has 0 amide bonds. The number of carbonyl (C=O) groups is 1. The van der Waals surface area contributed by atoms with Crippen molar-refractivity contribution in [3.63, 3.8) is 0 Å². The number of ketones is 1. The molecular weight excluding hydrogens is 396 g/mol. The van der Waals surface area contributed by atoms with Gasteiger partial charge in [-0.25, -0.2) is 15.0 Å². The van der Waals surface area contributed by atoms with Crippen molar-refractivity contribution in [2.45, 2.75) is 168 Å². The van der Waals surface area contributed by atoms with Crippen LogP contribution in [0.1, 0.15) is 134 Å². The fourth-order valence-corrected chi connectivity index (χ4v) is 7.69. The van der Waals surface area contributed by atoms with Gasteiger partial charge in [0.1, 0.15) is 5.78 Å². The highest BCUT2D eigenvalue weighted by Crippen LogP contribution is 2.50. The summed E-state index contributed by atoms with van der Waals surface area (Å²) in [6, 6.07) is 0. The second-order valence-electron chi connectivity index (χ2n) is 14.7. The molecule has 0 aromatic carbocycles. The average Bonchev–Trinajstić information content (AvgIpc) is 2.47. The molecule has 0 aliphatic carbocycles. The highest BCUT2D eigenvalue weighted by Gasteiger charge is 2.59. The van der Waals surface area contributed by atoms with Crippen molar-refractivity contribution < 1.29 is 4.79 Å². The maximum atomic E-state index is 12.9. The van der Waals surface area contributed by atoms with Crippen LogP contribution < -0.4 is 0 Å². The van der Waals surface area contributed by atoms with Gasteiger partial charge in [-0.05, 0) is 122 Å². The Morgan fingerprint density at radius 2 is 0.750 bits per heavy atom. The summed E-state index contributed by atoms with van der Waals surface area (Å²) in [7, 11) is 0. The van der Waals surface area contributed by atoms with E-state index in [-0.39, 0.29) is 33.2 Å². The Labute approximate surface area is 198 Å². The molecule has 3 fully saturated rings. The van der Waals surface area contributed by atoms with E-state index >= 15 is 0 Å². The Bertz CT molecular complexity index is 644. The summed E-state index contributed by atoms with van der Waals surface area (Å²) in [5.41, 5.74) is -0.492. The van der Waals surface area contributed by atoms with E-state index in [0.29, 0.717) is 18.6 Å². The summed E-state index contributed by atoms with van der Waals surface area (Å²) in [5.74, 6) is 0.380. The predicted octanol–water partition coefficient (Wildman–Crippen LogP) is 6.34. The lowest BCUT2D eigenvalue weighted by Crippen LogP contribution is -2.83. The summed E-state index contributed by atoms with van der Waals surface area (Å²) in [4.78, 5) is 12.9. The van der Waals surface area contributed by atoms with Crippen molar-refractivity contribution in [2.24, 2.45) is 0 Å². The van der Waals surface area contributed by atoms with Gasteiger partial charge in [0.05, 0.1) is 0 Å². The van der Waals surface area contributed by atoms with Crippen LogP contribution in [-0.2, 0) is 4.79 Å². The number of hydrogen-bond donors (Lipinski definition) is 0. The first-order valence-corrected chi connectivity index (χ1v) is 13.0. The molecule has 5 nitrogen and oxygen atoms in total. The van der Waals surface area contributed by atoms with E-state index in [1.807, 2.05) is 0 Å². The number of piperidine rings is 3. The molecule has 32 heavy (non-hydrogen) atoms. The fourth-order valence-electron chi connectivity index (χ4n) is 7.69. The molecule has 3 saturated heterocycles. The predicted molar refractivity (Wildman–Crippen MR) is 134 cm³/mol. The SMILES string of the molecule is CC1(C)CCCC(C)(C)N1N(N1C(C)(C)CCCC1(C)C)N1C(C)(C)CC(=O)CC1(C)C. The number of hydrogen-bond acceptors (Lipinski definition) is 5. The smallest absolute Gasteiger partial charge is 0.136 e. The van der Waals surface area contributed by atoms with Gasteiger partial charge in [-0.15, -0.1) is 5.23 Å². The lowest BCUT2D eigenvalue weighted by Gasteiger charge is -2.71. The zero-order valence-corrected chi connectivity index (χ0v) is 23.4. The van der Waals surface area contributed by atoms with Crippen molar-refractivity contribution in [3.05, 3.63) is 0 Å². The first kappa shape index (κ1) is 26.1. The minimum absolute atomic E-state index is 0.0129. The number of Topliss-reactive ketones (excluding diaryl/α,β-unsaturated/α-hetero) is 1. The third kappa shape index (κ3) is 4.44. The van der Waals surface area contributed by atoms with Crippen LogP contribution in [0.25, 0.3) is 0 Å². The monoisotopic (exact) mass is 448 g/mol. The molecule has 0 spiro atoms. The van der Waals surface area contributed by atoms with Gasteiger partial charge in [-0.1, -0.05) is 0 Å².